The monoisotopic (exact) mass is 294 g/mol. The molecule has 0 aliphatic heterocycles. The van der Waals surface area contributed by atoms with Gasteiger partial charge in [-0.15, -0.1) is 0 Å². The first-order valence-corrected chi connectivity index (χ1v) is 6.63. The molecular weight excluding hydrogens is 280 g/mol. The second kappa shape index (κ2) is 6.04. The number of aromatic nitrogens is 2. The summed E-state index contributed by atoms with van der Waals surface area (Å²) in [6.45, 7) is 2.54. The van der Waals surface area contributed by atoms with E-state index < -0.39 is 0 Å². The first-order valence-electron chi connectivity index (χ1n) is 5.85. The third kappa shape index (κ3) is 3.68. The van der Waals surface area contributed by atoms with E-state index in [4.69, 9.17) is 23.8 Å². The second-order valence-electron chi connectivity index (χ2n) is 4.20. The van der Waals surface area contributed by atoms with E-state index in [2.05, 4.69) is 15.7 Å². The number of anilines is 1. The first-order chi connectivity index (χ1) is 9.06. The van der Waals surface area contributed by atoms with Crippen LogP contribution in [-0.2, 0) is 13.6 Å². The van der Waals surface area contributed by atoms with Gasteiger partial charge in [-0.1, -0.05) is 17.7 Å². The zero-order valence-electron chi connectivity index (χ0n) is 10.8. The molecule has 0 saturated carbocycles. The van der Waals surface area contributed by atoms with Crippen molar-refractivity contribution in [1.82, 2.24) is 15.1 Å². The zero-order valence-corrected chi connectivity index (χ0v) is 12.3. The average molecular weight is 295 g/mol. The zero-order chi connectivity index (χ0) is 13.8. The van der Waals surface area contributed by atoms with Crippen LogP contribution in [0.3, 0.4) is 0 Å². The Morgan fingerprint density at radius 3 is 2.89 bits per heavy atom. The summed E-state index contributed by atoms with van der Waals surface area (Å²) in [6.07, 6.45) is 1.90. The van der Waals surface area contributed by atoms with Crippen molar-refractivity contribution in [2.24, 2.45) is 7.05 Å². The maximum Gasteiger partial charge on any atom is 0.171 e. The van der Waals surface area contributed by atoms with Gasteiger partial charge in [-0.25, -0.2) is 0 Å². The number of halogens is 1. The minimum Gasteiger partial charge on any atom is -0.357 e. The number of thiocarbonyl (C=S) groups is 1. The van der Waals surface area contributed by atoms with Gasteiger partial charge in [0.25, 0.3) is 0 Å². The number of nitrogens with zero attached hydrogens (tertiary/aromatic N) is 2. The number of nitrogens with one attached hydrogen (secondary N) is 2. The van der Waals surface area contributed by atoms with Gasteiger partial charge in [-0.2, -0.15) is 5.10 Å². The number of aryl methyl sites for hydroxylation is 1. The van der Waals surface area contributed by atoms with E-state index in [9.17, 15) is 0 Å². The molecule has 0 amide bonds. The predicted octanol–water partition coefficient (Wildman–Crippen LogP) is 2.87. The van der Waals surface area contributed by atoms with Crippen molar-refractivity contribution in [2.75, 3.05) is 5.32 Å². The standard InChI is InChI=1S/C13H15ClN4S/c1-9-11(14)4-3-5-12(9)16-13(19)15-8-10-6-7-18(2)17-10/h3-7H,8H2,1-2H3,(H2,15,16,19). The average Bonchev–Trinajstić information content (AvgIpc) is 2.78. The van der Waals surface area contributed by atoms with E-state index in [1.165, 1.54) is 0 Å². The summed E-state index contributed by atoms with van der Waals surface area (Å²) in [5, 5.41) is 11.8. The Hall–Kier alpha value is -1.59. The van der Waals surface area contributed by atoms with Gasteiger partial charge in [-0.3, -0.25) is 4.68 Å². The van der Waals surface area contributed by atoms with Crippen molar-refractivity contribution in [3.05, 3.63) is 46.7 Å². The maximum atomic E-state index is 6.06. The topological polar surface area (TPSA) is 41.9 Å². The summed E-state index contributed by atoms with van der Waals surface area (Å²) in [5.41, 5.74) is 2.83. The fourth-order valence-corrected chi connectivity index (χ4v) is 1.99. The lowest BCUT2D eigenvalue weighted by atomic mass is 10.2. The molecule has 2 aromatic rings. The highest BCUT2D eigenvalue weighted by Gasteiger charge is 2.04. The van der Waals surface area contributed by atoms with Crippen molar-refractivity contribution < 1.29 is 0 Å². The Labute approximate surface area is 122 Å². The Kier molecular flexibility index (Phi) is 4.39. The van der Waals surface area contributed by atoms with Crippen molar-refractivity contribution in [1.29, 1.82) is 0 Å². The van der Waals surface area contributed by atoms with E-state index in [1.54, 1.807) is 4.68 Å². The van der Waals surface area contributed by atoms with Crippen LogP contribution in [0.2, 0.25) is 5.02 Å². The molecule has 100 valence electrons. The molecule has 0 spiro atoms. The van der Waals surface area contributed by atoms with Crippen LogP contribution < -0.4 is 10.6 Å². The largest absolute Gasteiger partial charge is 0.357 e. The van der Waals surface area contributed by atoms with Gasteiger partial charge in [0.2, 0.25) is 0 Å². The lowest BCUT2D eigenvalue weighted by Crippen LogP contribution is -2.28. The molecule has 4 nitrogen and oxygen atoms in total. The number of hydrogen-bond donors (Lipinski definition) is 2. The van der Waals surface area contributed by atoms with E-state index >= 15 is 0 Å². The molecule has 0 radical (unpaired) electrons. The summed E-state index contributed by atoms with van der Waals surface area (Å²) in [6, 6.07) is 7.63. The molecule has 1 heterocycles. The molecule has 2 rings (SSSR count). The third-order valence-corrected chi connectivity index (χ3v) is 3.37. The summed E-state index contributed by atoms with van der Waals surface area (Å²) < 4.78 is 1.76. The van der Waals surface area contributed by atoms with E-state index in [1.807, 2.05) is 44.4 Å². The second-order valence-corrected chi connectivity index (χ2v) is 5.02. The van der Waals surface area contributed by atoms with Gasteiger partial charge in [0.1, 0.15) is 0 Å². The van der Waals surface area contributed by atoms with Gasteiger partial charge in [-0.05, 0) is 42.9 Å². The van der Waals surface area contributed by atoms with Crippen molar-refractivity contribution >= 4 is 34.6 Å². The summed E-state index contributed by atoms with van der Waals surface area (Å²) in [4.78, 5) is 0. The predicted molar refractivity (Wildman–Crippen MR) is 82.5 cm³/mol. The molecule has 1 aromatic heterocycles. The van der Waals surface area contributed by atoms with E-state index in [0.717, 1.165) is 22.0 Å². The maximum absolute atomic E-state index is 6.06. The fourth-order valence-electron chi connectivity index (χ4n) is 1.64. The van der Waals surface area contributed by atoms with Gasteiger partial charge in [0, 0.05) is 24.0 Å². The van der Waals surface area contributed by atoms with E-state index in [0.29, 0.717) is 11.7 Å². The SMILES string of the molecule is Cc1c(Cl)cccc1NC(=S)NCc1ccn(C)n1. The van der Waals surface area contributed by atoms with E-state index in [-0.39, 0.29) is 0 Å². The highest BCUT2D eigenvalue weighted by atomic mass is 35.5. The molecular formula is C13H15ClN4S. The van der Waals surface area contributed by atoms with Crippen LogP contribution in [-0.4, -0.2) is 14.9 Å². The Bertz CT molecular complexity index is 594. The van der Waals surface area contributed by atoms with Crippen LogP contribution in [0.15, 0.2) is 30.5 Å². The van der Waals surface area contributed by atoms with Crippen molar-refractivity contribution in [2.45, 2.75) is 13.5 Å². The van der Waals surface area contributed by atoms with Crippen LogP contribution in [0, 0.1) is 6.92 Å². The molecule has 6 heteroatoms. The third-order valence-electron chi connectivity index (χ3n) is 2.71. The molecule has 0 aliphatic carbocycles. The number of benzene rings is 1. The Morgan fingerprint density at radius 1 is 1.42 bits per heavy atom. The van der Waals surface area contributed by atoms with Gasteiger partial charge < -0.3 is 10.6 Å². The molecule has 0 saturated heterocycles. The number of hydrogen-bond acceptors (Lipinski definition) is 2. The molecule has 0 atom stereocenters. The first kappa shape index (κ1) is 13.8. The normalized spacial score (nSPS) is 10.3. The van der Waals surface area contributed by atoms with Crippen LogP contribution in [0.5, 0.6) is 0 Å². The highest BCUT2D eigenvalue weighted by Crippen LogP contribution is 2.22. The van der Waals surface area contributed by atoms with Crippen LogP contribution in [0.25, 0.3) is 0 Å². The lowest BCUT2D eigenvalue weighted by Gasteiger charge is -2.12. The highest BCUT2D eigenvalue weighted by molar-refractivity contribution is 7.80. The van der Waals surface area contributed by atoms with Crippen molar-refractivity contribution in [3.63, 3.8) is 0 Å². The molecule has 19 heavy (non-hydrogen) atoms. The number of rotatable bonds is 3. The van der Waals surface area contributed by atoms with Crippen LogP contribution in [0.1, 0.15) is 11.3 Å². The van der Waals surface area contributed by atoms with Gasteiger partial charge in [0.05, 0.1) is 12.2 Å². The van der Waals surface area contributed by atoms with Crippen molar-refractivity contribution in [3.8, 4) is 0 Å². The summed E-state index contributed by atoms with van der Waals surface area (Å²) in [7, 11) is 1.88. The smallest absolute Gasteiger partial charge is 0.171 e. The minimum absolute atomic E-state index is 0.552. The lowest BCUT2D eigenvalue weighted by molar-refractivity contribution is 0.731. The fraction of sp³-hybridized carbons (Fsp3) is 0.231. The van der Waals surface area contributed by atoms with Crippen LogP contribution in [0.4, 0.5) is 5.69 Å². The molecule has 0 unspecified atom stereocenters. The summed E-state index contributed by atoms with van der Waals surface area (Å²) in [5.74, 6) is 0. The van der Waals surface area contributed by atoms with Crippen LogP contribution >= 0.6 is 23.8 Å². The molecule has 0 fully saturated rings. The molecule has 0 bridgehead atoms. The Morgan fingerprint density at radius 2 is 2.21 bits per heavy atom. The Balaban J connectivity index is 1.92. The quantitative estimate of drug-likeness (QED) is 0.854. The molecule has 0 aliphatic rings. The van der Waals surface area contributed by atoms with Gasteiger partial charge in [0.15, 0.2) is 5.11 Å². The molecule has 2 N–H and O–H groups in total. The van der Waals surface area contributed by atoms with Gasteiger partial charge >= 0.3 is 0 Å². The molecule has 1 aromatic carbocycles. The summed E-state index contributed by atoms with van der Waals surface area (Å²) >= 11 is 11.3. The minimum atomic E-state index is 0.552.